The third kappa shape index (κ3) is 3.25. The molecule has 1 aromatic rings. The summed E-state index contributed by atoms with van der Waals surface area (Å²) in [6.07, 6.45) is 1.47. The number of carbonyl (C=O) groups is 3. The second-order valence-electron chi connectivity index (χ2n) is 6.15. The van der Waals surface area contributed by atoms with E-state index in [-0.39, 0.29) is 30.3 Å². The van der Waals surface area contributed by atoms with E-state index in [0.717, 1.165) is 12.8 Å². The van der Waals surface area contributed by atoms with Gasteiger partial charge in [0.15, 0.2) is 5.78 Å². The first-order valence-corrected chi connectivity index (χ1v) is 8.04. The van der Waals surface area contributed by atoms with E-state index >= 15 is 0 Å². The Morgan fingerprint density at radius 3 is 2.83 bits per heavy atom. The Kier molecular flexibility index (Phi) is 4.51. The molecule has 1 N–H and O–H groups in total. The van der Waals surface area contributed by atoms with Crippen molar-refractivity contribution in [2.75, 3.05) is 18.0 Å². The Balaban J connectivity index is 1.84. The van der Waals surface area contributed by atoms with Crippen molar-refractivity contribution >= 4 is 23.5 Å². The van der Waals surface area contributed by atoms with E-state index in [1.54, 1.807) is 6.07 Å². The molecule has 1 aliphatic heterocycles. The summed E-state index contributed by atoms with van der Waals surface area (Å²) in [7, 11) is 0. The summed E-state index contributed by atoms with van der Waals surface area (Å²) in [6.45, 7) is 1.82. The second kappa shape index (κ2) is 6.59. The molecule has 24 heavy (non-hydrogen) atoms. The standard InChI is InChI=1S/C17H19FN2O4/c1-10(21)19-8-13-9-20(17(23)24-13)12-6-11-4-2-3-5-15(22)16(11)14(18)7-12/h6-7,13H,2-5,8-9H2,1H3,(H,19,21)/t13-/m0/s1. The monoisotopic (exact) mass is 334 g/mol. The highest BCUT2D eigenvalue weighted by molar-refractivity contribution is 5.99. The Hall–Kier alpha value is -2.44. The number of fused-ring (bicyclic) bond motifs is 1. The molecule has 128 valence electrons. The topological polar surface area (TPSA) is 75.7 Å². The maximum Gasteiger partial charge on any atom is 0.414 e. The number of carbonyl (C=O) groups excluding carboxylic acids is 3. The smallest absolute Gasteiger partial charge is 0.414 e. The molecule has 0 saturated carbocycles. The number of halogens is 1. The van der Waals surface area contributed by atoms with Crippen LogP contribution in [0.25, 0.3) is 0 Å². The average Bonchev–Trinajstić information content (AvgIpc) is 2.78. The van der Waals surface area contributed by atoms with Gasteiger partial charge in [0.1, 0.15) is 11.9 Å². The SMILES string of the molecule is CC(=O)NC[C@H]1CN(c2cc(F)c3c(c2)CCCCC3=O)C(=O)O1. The number of anilines is 1. The van der Waals surface area contributed by atoms with E-state index < -0.39 is 18.0 Å². The summed E-state index contributed by atoms with van der Waals surface area (Å²) in [5.41, 5.74) is 1.18. The summed E-state index contributed by atoms with van der Waals surface area (Å²) < 4.78 is 19.6. The molecule has 1 heterocycles. The van der Waals surface area contributed by atoms with Crippen LogP contribution in [0.1, 0.15) is 42.1 Å². The Bertz CT molecular complexity index is 704. The third-order valence-corrected chi connectivity index (χ3v) is 4.30. The van der Waals surface area contributed by atoms with Crippen LogP contribution >= 0.6 is 0 Å². The fourth-order valence-electron chi connectivity index (χ4n) is 3.14. The van der Waals surface area contributed by atoms with Crippen molar-refractivity contribution < 1.29 is 23.5 Å². The van der Waals surface area contributed by atoms with Crippen molar-refractivity contribution in [1.82, 2.24) is 5.32 Å². The van der Waals surface area contributed by atoms with Crippen molar-refractivity contribution in [2.24, 2.45) is 0 Å². The zero-order valence-corrected chi connectivity index (χ0v) is 13.4. The summed E-state index contributed by atoms with van der Waals surface area (Å²) in [4.78, 5) is 36.4. The van der Waals surface area contributed by atoms with Gasteiger partial charge in [-0.3, -0.25) is 14.5 Å². The molecule has 0 radical (unpaired) electrons. The van der Waals surface area contributed by atoms with Gasteiger partial charge in [0, 0.05) is 13.3 Å². The summed E-state index contributed by atoms with van der Waals surface area (Å²) >= 11 is 0. The van der Waals surface area contributed by atoms with Gasteiger partial charge in [-0.2, -0.15) is 0 Å². The molecule has 3 rings (SSSR count). The van der Waals surface area contributed by atoms with Gasteiger partial charge < -0.3 is 10.1 Å². The highest BCUT2D eigenvalue weighted by Crippen LogP contribution is 2.30. The van der Waals surface area contributed by atoms with E-state index in [1.807, 2.05) is 0 Å². The fraction of sp³-hybridized carbons (Fsp3) is 0.471. The summed E-state index contributed by atoms with van der Waals surface area (Å²) in [6, 6.07) is 2.91. The predicted molar refractivity (Wildman–Crippen MR) is 84.6 cm³/mol. The minimum atomic E-state index is -0.590. The van der Waals surface area contributed by atoms with Crippen molar-refractivity contribution in [3.8, 4) is 0 Å². The first-order chi connectivity index (χ1) is 11.5. The zero-order chi connectivity index (χ0) is 17.3. The number of rotatable bonds is 3. The van der Waals surface area contributed by atoms with Gasteiger partial charge in [-0.15, -0.1) is 0 Å². The molecule has 1 saturated heterocycles. The van der Waals surface area contributed by atoms with Crippen LogP contribution in [-0.2, 0) is 16.0 Å². The number of hydrogen-bond acceptors (Lipinski definition) is 4. The Morgan fingerprint density at radius 2 is 2.08 bits per heavy atom. The number of ether oxygens (including phenoxy) is 1. The predicted octanol–water partition coefficient (Wildman–Crippen LogP) is 2.20. The molecule has 1 fully saturated rings. The van der Waals surface area contributed by atoms with Crippen LogP contribution in [0.15, 0.2) is 12.1 Å². The fourth-order valence-corrected chi connectivity index (χ4v) is 3.14. The van der Waals surface area contributed by atoms with Crippen LogP contribution < -0.4 is 10.2 Å². The number of hydrogen-bond donors (Lipinski definition) is 1. The Labute approximate surface area is 139 Å². The maximum absolute atomic E-state index is 14.4. The van der Waals surface area contributed by atoms with E-state index in [4.69, 9.17) is 4.74 Å². The number of amides is 2. The molecule has 1 atom stereocenters. The highest BCUT2D eigenvalue weighted by Gasteiger charge is 2.33. The lowest BCUT2D eigenvalue weighted by atomic mass is 10.00. The zero-order valence-electron chi connectivity index (χ0n) is 13.4. The van der Waals surface area contributed by atoms with Gasteiger partial charge in [-0.25, -0.2) is 9.18 Å². The van der Waals surface area contributed by atoms with Crippen LogP contribution in [0.2, 0.25) is 0 Å². The molecule has 0 bridgehead atoms. The molecular weight excluding hydrogens is 315 g/mol. The number of Topliss-reactive ketones (excluding diaryl/α,β-unsaturated/α-hetero) is 1. The normalized spacial score (nSPS) is 20.4. The van der Waals surface area contributed by atoms with Gasteiger partial charge in [0.2, 0.25) is 5.91 Å². The van der Waals surface area contributed by atoms with Crippen LogP contribution in [0, 0.1) is 5.82 Å². The van der Waals surface area contributed by atoms with Crippen molar-refractivity contribution in [3.63, 3.8) is 0 Å². The lowest BCUT2D eigenvalue weighted by Gasteiger charge is -2.16. The second-order valence-corrected chi connectivity index (χ2v) is 6.15. The van der Waals surface area contributed by atoms with Crippen LogP contribution in [0.4, 0.5) is 14.9 Å². The van der Waals surface area contributed by atoms with Crippen LogP contribution in [-0.4, -0.2) is 37.0 Å². The minimum Gasteiger partial charge on any atom is -0.442 e. The first-order valence-electron chi connectivity index (χ1n) is 8.04. The third-order valence-electron chi connectivity index (χ3n) is 4.30. The lowest BCUT2D eigenvalue weighted by molar-refractivity contribution is -0.119. The van der Waals surface area contributed by atoms with E-state index in [9.17, 15) is 18.8 Å². The number of nitrogens with zero attached hydrogens (tertiary/aromatic N) is 1. The van der Waals surface area contributed by atoms with E-state index in [0.29, 0.717) is 24.1 Å². The molecule has 0 spiro atoms. The van der Waals surface area contributed by atoms with Crippen molar-refractivity contribution in [1.29, 1.82) is 0 Å². The molecular formula is C17H19FN2O4. The number of nitrogens with one attached hydrogen (secondary N) is 1. The molecule has 2 amide bonds. The minimum absolute atomic E-state index is 0.151. The van der Waals surface area contributed by atoms with Crippen molar-refractivity contribution in [3.05, 3.63) is 29.1 Å². The van der Waals surface area contributed by atoms with Gasteiger partial charge >= 0.3 is 6.09 Å². The first kappa shape index (κ1) is 16.4. The summed E-state index contributed by atoms with van der Waals surface area (Å²) in [5, 5.41) is 2.59. The molecule has 1 aliphatic carbocycles. The molecule has 6 nitrogen and oxygen atoms in total. The molecule has 7 heteroatoms. The molecule has 0 aromatic heterocycles. The molecule has 0 unspecified atom stereocenters. The van der Waals surface area contributed by atoms with Gasteiger partial charge in [0.05, 0.1) is 24.3 Å². The van der Waals surface area contributed by atoms with Gasteiger partial charge in [-0.1, -0.05) is 0 Å². The van der Waals surface area contributed by atoms with Crippen molar-refractivity contribution in [2.45, 2.75) is 38.7 Å². The van der Waals surface area contributed by atoms with E-state index in [2.05, 4.69) is 5.32 Å². The summed E-state index contributed by atoms with van der Waals surface area (Å²) in [5.74, 6) is -0.981. The van der Waals surface area contributed by atoms with Crippen LogP contribution in [0.5, 0.6) is 0 Å². The lowest BCUT2D eigenvalue weighted by Crippen LogP contribution is -2.33. The maximum atomic E-state index is 14.4. The quantitative estimate of drug-likeness (QED) is 0.860. The van der Waals surface area contributed by atoms with Crippen LogP contribution in [0.3, 0.4) is 0 Å². The number of ketones is 1. The average molecular weight is 334 g/mol. The largest absolute Gasteiger partial charge is 0.442 e. The van der Waals surface area contributed by atoms with E-state index in [1.165, 1.54) is 17.9 Å². The number of cyclic esters (lactones) is 1. The van der Waals surface area contributed by atoms with Gasteiger partial charge in [-0.05, 0) is 37.0 Å². The molecule has 1 aromatic carbocycles. The number of benzene rings is 1. The Morgan fingerprint density at radius 1 is 1.33 bits per heavy atom. The highest BCUT2D eigenvalue weighted by atomic mass is 19.1. The van der Waals surface area contributed by atoms with Gasteiger partial charge in [0.25, 0.3) is 0 Å². The molecule has 2 aliphatic rings. The number of aryl methyl sites for hydroxylation is 1.